The Hall–Kier alpha value is -0.980. The third kappa shape index (κ3) is 6.68. The first kappa shape index (κ1) is 15.1. The summed E-state index contributed by atoms with van der Waals surface area (Å²) in [5.41, 5.74) is 1.97. The number of hydrogen-bond acceptors (Lipinski definition) is 1. The van der Waals surface area contributed by atoms with Crippen molar-refractivity contribution in [2.75, 3.05) is 6.61 Å². The maximum Gasteiger partial charge on any atom is 0.119 e. The quantitative estimate of drug-likeness (QED) is 0.721. The van der Waals surface area contributed by atoms with E-state index in [1.54, 1.807) is 0 Å². The van der Waals surface area contributed by atoms with Crippen LogP contribution in [0.1, 0.15) is 53.5 Å². The Bertz CT molecular complexity index is 333. The molecule has 0 aliphatic heterocycles. The van der Waals surface area contributed by atoms with Crippen LogP contribution in [0.25, 0.3) is 0 Å². The van der Waals surface area contributed by atoms with E-state index in [9.17, 15) is 0 Å². The summed E-state index contributed by atoms with van der Waals surface area (Å²) < 4.78 is 5.84. The molecule has 0 aliphatic carbocycles. The first-order valence-electron chi connectivity index (χ1n) is 6.87. The Morgan fingerprint density at radius 3 is 2.17 bits per heavy atom. The van der Waals surface area contributed by atoms with Gasteiger partial charge in [0.25, 0.3) is 0 Å². The van der Waals surface area contributed by atoms with Gasteiger partial charge in [-0.15, -0.1) is 0 Å². The predicted octanol–water partition coefficient (Wildman–Crippen LogP) is 5.09. The third-order valence-electron chi connectivity index (χ3n) is 2.73. The Kier molecular flexibility index (Phi) is 4.84. The van der Waals surface area contributed by atoms with Gasteiger partial charge in [0.05, 0.1) is 6.61 Å². The average Bonchev–Trinajstić information content (AvgIpc) is 2.22. The van der Waals surface area contributed by atoms with Crippen molar-refractivity contribution in [2.24, 2.45) is 10.8 Å². The first-order valence-corrected chi connectivity index (χ1v) is 6.87. The number of ether oxygens (including phenoxy) is 1. The van der Waals surface area contributed by atoms with Gasteiger partial charge >= 0.3 is 0 Å². The van der Waals surface area contributed by atoms with E-state index < -0.39 is 0 Å². The van der Waals surface area contributed by atoms with Gasteiger partial charge in [0.1, 0.15) is 5.75 Å². The Labute approximate surface area is 113 Å². The molecule has 0 fully saturated rings. The SMILES string of the molecule is CC(C)(C)CCc1cccc(OCC(C)(C)C)c1. The van der Waals surface area contributed by atoms with Crippen LogP contribution in [0.4, 0.5) is 0 Å². The summed E-state index contributed by atoms with van der Waals surface area (Å²) in [5.74, 6) is 0.997. The molecule has 0 N–H and O–H groups in total. The van der Waals surface area contributed by atoms with Crippen LogP contribution in [0.5, 0.6) is 5.75 Å². The second-order valence-corrected chi connectivity index (χ2v) is 7.56. The number of benzene rings is 1. The summed E-state index contributed by atoms with van der Waals surface area (Å²) in [6, 6.07) is 8.51. The molecular weight excluding hydrogens is 220 g/mol. The standard InChI is InChI=1S/C17H28O/c1-16(2,3)11-10-14-8-7-9-15(12-14)18-13-17(4,5)6/h7-9,12H,10-11,13H2,1-6H3. The highest BCUT2D eigenvalue weighted by molar-refractivity contribution is 5.28. The van der Waals surface area contributed by atoms with Gasteiger partial charge in [0.15, 0.2) is 0 Å². The van der Waals surface area contributed by atoms with Crippen molar-refractivity contribution in [1.29, 1.82) is 0 Å². The predicted molar refractivity (Wildman–Crippen MR) is 79.2 cm³/mol. The van der Waals surface area contributed by atoms with Gasteiger partial charge in [-0.2, -0.15) is 0 Å². The van der Waals surface area contributed by atoms with Crippen molar-refractivity contribution in [3.05, 3.63) is 29.8 Å². The molecule has 1 heteroatoms. The molecule has 1 aromatic rings. The first-order chi connectivity index (χ1) is 8.16. The Morgan fingerprint density at radius 1 is 0.944 bits per heavy atom. The second-order valence-electron chi connectivity index (χ2n) is 7.56. The van der Waals surface area contributed by atoms with E-state index in [1.165, 1.54) is 12.0 Å². The molecule has 0 aliphatic rings. The smallest absolute Gasteiger partial charge is 0.119 e. The van der Waals surface area contributed by atoms with Crippen molar-refractivity contribution >= 4 is 0 Å². The van der Waals surface area contributed by atoms with Crippen molar-refractivity contribution in [3.63, 3.8) is 0 Å². The molecule has 0 aromatic heterocycles. The average molecular weight is 248 g/mol. The van der Waals surface area contributed by atoms with E-state index in [4.69, 9.17) is 4.74 Å². The zero-order valence-corrected chi connectivity index (χ0v) is 12.8. The lowest BCUT2D eigenvalue weighted by Crippen LogP contribution is -2.16. The molecule has 1 aromatic carbocycles. The summed E-state index contributed by atoms with van der Waals surface area (Å²) in [7, 11) is 0. The van der Waals surface area contributed by atoms with E-state index in [2.05, 4.69) is 59.7 Å². The lowest BCUT2D eigenvalue weighted by Gasteiger charge is -2.20. The lowest BCUT2D eigenvalue weighted by molar-refractivity contribution is 0.197. The van der Waals surface area contributed by atoms with Crippen LogP contribution in [-0.2, 0) is 6.42 Å². The van der Waals surface area contributed by atoms with Crippen LogP contribution < -0.4 is 4.74 Å². The molecule has 0 spiro atoms. The molecule has 0 atom stereocenters. The summed E-state index contributed by atoms with van der Waals surface area (Å²) in [6.07, 6.45) is 2.33. The largest absolute Gasteiger partial charge is 0.493 e. The van der Waals surface area contributed by atoms with Crippen molar-refractivity contribution < 1.29 is 4.74 Å². The lowest BCUT2D eigenvalue weighted by atomic mass is 9.89. The van der Waals surface area contributed by atoms with Crippen molar-refractivity contribution in [2.45, 2.75) is 54.4 Å². The minimum atomic E-state index is 0.210. The monoisotopic (exact) mass is 248 g/mol. The molecule has 1 nitrogen and oxygen atoms in total. The van der Waals surface area contributed by atoms with Crippen LogP contribution in [0.15, 0.2) is 24.3 Å². The van der Waals surface area contributed by atoms with Gasteiger partial charge in [-0.3, -0.25) is 0 Å². The molecule has 1 rings (SSSR count). The fraction of sp³-hybridized carbons (Fsp3) is 0.647. The molecule has 0 unspecified atom stereocenters. The number of rotatable bonds is 4. The maximum absolute atomic E-state index is 5.84. The van der Waals surface area contributed by atoms with Gasteiger partial charge in [-0.05, 0) is 41.4 Å². The van der Waals surface area contributed by atoms with E-state index in [-0.39, 0.29) is 5.41 Å². The van der Waals surface area contributed by atoms with Crippen molar-refractivity contribution in [3.8, 4) is 5.75 Å². The van der Waals surface area contributed by atoms with Crippen LogP contribution >= 0.6 is 0 Å². The minimum absolute atomic E-state index is 0.210. The van der Waals surface area contributed by atoms with Crippen LogP contribution in [-0.4, -0.2) is 6.61 Å². The van der Waals surface area contributed by atoms with E-state index in [1.807, 2.05) is 6.07 Å². The molecular formula is C17H28O. The molecule has 0 heterocycles. The number of aryl methyl sites for hydroxylation is 1. The molecule has 0 saturated carbocycles. The maximum atomic E-state index is 5.84. The molecule has 0 bridgehead atoms. The van der Waals surface area contributed by atoms with E-state index >= 15 is 0 Å². The van der Waals surface area contributed by atoms with Gasteiger partial charge in [0.2, 0.25) is 0 Å². The third-order valence-corrected chi connectivity index (χ3v) is 2.73. The highest BCUT2D eigenvalue weighted by atomic mass is 16.5. The summed E-state index contributed by atoms with van der Waals surface area (Å²) in [4.78, 5) is 0. The topological polar surface area (TPSA) is 9.23 Å². The summed E-state index contributed by atoms with van der Waals surface area (Å²) in [5, 5.41) is 0. The normalized spacial score (nSPS) is 12.6. The Balaban J connectivity index is 2.57. The highest BCUT2D eigenvalue weighted by Gasteiger charge is 2.12. The van der Waals surface area contributed by atoms with Gasteiger partial charge in [-0.25, -0.2) is 0 Å². The zero-order valence-electron chi connectivity index (χ0n) is 12.8. The van der Waals surface area contributed by atoms with Gasteiger partial charge < -0.3 is 4.74 Å². The molecule has 0 radical (unpaired) electrons. The van der Waals surface area contributed by atoms with Crippen LogP contribution in [0, 0.1) is 10.8 Å². The minimum Gasteiger partial charge on any atom is -0.493 e. The van der Waals surface area contributed by atoms with Gasteiger partial charge in [-0.1, -0.05) is 53.7 Å². The van der Waals surface area contributed by atoms with E-state index in [0.717, 1.165) is 18.8 Å². The fourth-order valence-electron chi connectivity index (χ4n) is 1.61. The van der Waals surface area contributed by atoms with Crippen LogP contribution in [0.2, 0.25) is 0 Å². The van der Waals surface area contributed by atoms with E-state index in [0.29, 0.717) is 5.41 Å². The second kappa shape index (κ2) is 5.77. The van der Waals surface area contributed by atoms with Crippen molar-refractivity contribution in [1.82, 2.24) is 0 Å². The Morgan fingerprint density at radius 2 is 1.61 bits per heavy atom. The summed E-state index contributed by atoms with van der Waals surface area (Å²) >= 11 is 0. The molecule has 18 heavy (non-hydrogen) atoms. The summed E-state index contributed by atoms with van der Waals surface area (Å²) in [6.45, 7) is 14.2. The fourth-order valence-corrected chi connectivity index (χ4v) is 1.61. The number of hydrogen-bond donors (Lipinski definition) is 0. The van der Waals surface area contributed by atoms with Gasteiger partial charge in [0, 0.05) is 0 Å². The zero-order chi connectivity index (χ0) is 13.8. The highest BCUT2D eigenvalue weighted by Crippen LogP contribution is 2.24. The molecule has 0 saturated heterocycles. The van der Waals surface area contributed by atoms with Crippen LogP contribution in [0.3, 0.4) is 0 Å². The molecule has 102 valence electrons. The molecule has 0 amide bonds.